The van der Waals surface area contributed by atoms with E-state index in [1.807, 2.05) is 25.1 Å². The van der Waals surface area contributed by atoms with Crippen molar-refractivity contribution in [3.8, 4) is 5.75 Å². The standard InChI is InChI=1S/C11H16O.C5H8O2/c1-3-4-7-10-8-5-6-9(2)11(10)12;1-4(2)5(6)7-3/h5-6,8,12H,3-4,7H2,1-2H3;1H2,2-3H3. The summed E-state index contributed by atoms with van der Waals surface area (Å²) in [7, 11) is 1.33. The average molecular weight is 264 g/mol. The van der Waals surface area contributed by atoms with E-state index in [-0.39, 0.29) is 5.97 Å². The number of unbranched alkanes of at least 4 members (excludes halogenated alkanes) is 1. The monoisotopic (exact) mass is 264 g/mol. The highest BCUT2D eigenvalue weighted by Gasteiger charge is 2.01. The van der Waals surface area contributed by atoms with E-state index in [1.165, 1.54) is 13.5 Å². The first kappa shape index (κ1) is 17.2. The molecule has 19 heavy (non-hydrogen) atoms. The number of benzene rings is 1. The summed E-state index contributed by atoms with van der Waals surface area (Å²) in [5.41, 5.74) is 2.49. The minimum atomic E-state index is -0.347. The van der Waals surface area contributed by atoms with Crippen molar-refractivity contribution in [2.45, 2.75) is 40.0 Å². The molecule has 0 radical (unpaired) electrons. The Morgan fingerprint density at radius 2 is 2.05 bits per heavy atom. The lowest BCUT2D eigenvalue weighted by molar-refractivity contribution is -0.136. The molecule has 106 valence electrons. The largest absolute Gasteiger partial charge is 0.507 e. The molecule has 1 aromatic carbocycles. The molecule has 3 heteroatoms. The molecule has 0 atom stereocenters. The van der Waals surface area contributed by atoms with Gasteiger partial charge in [-0.3, -0.25) is 0 Å². The number of carbonyl (C=O) groups is 1. The molecule has 0 bridgehead atoms. The van der Waals surface area contributed by atoms with E-state index >= 15 is 0 Å². The fourth-order valence-electron chi connectivity index (χ4n) is 1.46. The lowest BCUT2D eigenvalue weighted by Crippen LogP contribution is -1.98. The first-order valence-electron chi connectivity index (χ1n) is 6.45. The maximum absolute atomic E-state index is 10.2. The van der Waals surface area contributed by atoms with Crippen LogP contribution in [-0.2, 0) is 16.0 Å². The summed E-state index contributed by atoms with van der Waals surface area (Å²) in [4.78, 5) is 10.2. The van der Waals surface area contributed by atoms with E-state index in [4.69, 9.17) is 0 Å². The van der Waals surface area contributed by atoms with Gasteiger partial charge in [0.15, 0.2) is 0 Å². The van der Waals surface area contributed by atoms with E-state index < -0.39 is 0 Å². The van der Waals surface area contributed by atoms with Crippen molar-refractivity contribution in [1.82, 2.24) is 0 Å². The smallest absolute Gasteiger partial charge is 0.332 e. The lowest BCUT2D eigenvalue weighted by atomic mass is 10.0. The maximum atomic E-state index is 10.2. The molecule has 0 fully saturated rings. The first-order valence-corrected chi connectivity index (χ1v) is 6.45. The van der Waals surface area contributed by atoms with Gasteiger partial charge in [-0.2, -0.15) is 0 Å². The van der Waals surface area contributed by atoms with Crippen LogP contribution in [0.3, 0.4) is 0 Å². The van der Waals surface area contributed by atoms with Crippen molar-refractivity contribution < 1.29 is 14.6 Å². The van der Waals surface area contributed by atoms with Crippen LogP contribution in [0.1, 0.15) is 37.8 Å². The second kappa shape index (κ2) is 9.20. The normalized spacial score (nSPS) is 9.26. The fraction of sp³-hybridized carbons (Fsp3) is 0.438. The number of rotatable bonds is 4. The third kappa shape index (κ3) is 6.65. The Bertz CT molecular complexity index is 422. The number of esters is 1. The molecule has 0 aliphatic rings. The van der Waals surface area contributed by atoms with Crippen molar-refractivity contribution in [2.24, 2.45) is 0 Å². The van der Waals surface area contributed by atoms with Gasteiger partial charge in [-0.25, -0.2) is 4.79 Å². The zero-order chi connectivity index (χ0) is 14.8. The highest BCUT2D eigenvalue weighted by molar-refractivity contribution is 5.86. The Hall–Kier alpha value is -1.77. The number of aromatic hydroxyl groups is 1. The number of phenols is 1. The van der Waals surface area contributed by atoms with Crippen molar-refractivity contribution in [3.63, 3.8) is 0 Å². The summed E-state index contributed by atoms with van der Waals surface area (Å²) in [6.45, 7) is 9.05. The highest BCUT2D eigenvalue weighted by atomic mass is 16.5. The Kier molecular flexibility index (Phi) is 8.34. The summed E-state index contributed by atoms with van der Waals surface area (Å²) < 4.78 is 4.27. The van der Waals surface area contributed by atoms with Crippen LogP contribution in [0.25, 0.3) is 0 Å². The predicted octanol–water partition coefficient (Wildman–Crippen LogP) is 3.78. The Labute approximate surface area is 115 Å². The van der Waals surface area contributed by atoms with E-state index in [2.05, 4.69) is 18.2 Å². The van der Waals surface area contributed by atoms with Gasteiger partial charge in [0.2, 0.25) is 0 Å². The molecular weight excluding hydrogens is 240 g/mol. The number of para-hydroxylation sites is 1. The van der Waals surface area contributed by atoms with Gasteiger partial charge in [-0.15, -0.1) is 0 Å². The average Bonchev–Trinajstić information content (AvgIpc) is 2.40. The third-order valence-corrected chi connectivity index (χ3v) is 2.65. The second-order valence-electron chi connectivity index (χ2n) is 4.46. The van der Waals surface area contributed by atoms with Gasteiger partial charge >= 0.3 is 5.97 Å². The number of hydrogen-bond donors (Lipinski definition) is 1. The van der Waals surface area contributed by atoms with Crippen LogP contribution in [0.4, 0.5) is 0 Å². The topological polar surface area (TPSA) is 46.5 Å². The molecule has 0 spiro atoms. The molecule has 0 aliphatic heterocycles. The van der Waals surface area contributed by atoms with Gasteiger partial charge in [0.1, 0.15) is 5.75 Å². The van der Waals surface area contributed by atoms with Crippen LogP contribution in [0.15, 0.2) is 30.4 Å². The number of ether oxygens (including phenoxy) is 1. The number of carbonyl (C=O) groups excluding carboxylic acids is 1. The minimum Gasteiger partial charge on any atom is -0.507 e. The summed E-state index contributed by atoms with van der Waals surface area (Å²) >= 11 is 0. The molecule has 0 saturated heterocycles. The van der Waals surface area contributed by atoms with Crippen LogP contribution in [0, 0.1) is 6.92 Å². The minimum absolute atomic E-state index is 0.347. The molecule has 1 N–H and O–H groups in total. The Morgan fingerprint density at radius 3 is 2.47 bits per heavy atom. The summed E-state index contributed by atoms with van der Waals surface area (Å²) in [6, 6.07) is 5.93. The number of hydrogen-bond acceptors (Lipinski definition) is 3. The second-order valence-corrected chi connectivity index (χ2v) is 4.46. The van der Waals surface area contributed by atoms with Crippen LogP contribution in [-0.4, -0.2) is 18.2 Å². The molecule has 3 nitrogen and oxygen atoms in total. The molecule has 1 aromatic rings. The lowest BCUT2D eigenvalue weighted by Gasteiger charge is -2.05. The predicted molar refractivity (Wildman–Crippen MR) is 78.3 cm³/mol. The van der Waals surface area contributed by atoms with E-state index in [0.29, 0.717) is 11.3 Å². The molecular formula is C16H24O3. The summed E-state index contributed by atoms with van der Waals surface area (Å²) in [5, 5.41) is 9.62. The fourth-order valence-corrected chi connectivity index (χ4v) is 1.46. The van der Waals surface area contributed by atoms with Crippen molar-refractivity contribution in [2.75, 3.05) is 7.11 Å². The van der Waals surface area contributed by atoms with E-state index in [0.717, 1.165) is 24.0 Å². The Morgan fingerprint density at radius 1 is 1.42 bits per heavy atom. The van der Waals surface area contributed by atoms with Crippen molar-refractivity contribution in [3.05, 3.63) is 41.5 Å². The van der Waals surface area contributed by atoms with Gasteiger partial charge < -0.3 is 9.84 Å². The molecule has 0 heterocycles. The number of phenolic OH excluding ortho intramolecular Hbond substituents is 1. The van der Waals surface area contributed by atoms with Crippen LogP contribution >= 0.6 is 0 Å². The zero-order valence-corrected chi connectivity index (χ0v) is 12.3. The zero-order valence-electron chi connectivity index (χ0n) is 12.3. The molecule has 0 unspecified atom stereocenters. The summed E-state index contributed by atoms with van der Waals surface area (Å²) in [5.74, 6) is 0.131. The SMILES string of the molecule is C=C(C)C(=O)OC.CCCCc1cccc(C)c1O. The quantitative estimate of drug-likeness (QED) is 0.665. The maximum Gasteiger partial charge on any atom is 0.332 e. The Balaban J connectivity index is 0.000000399. The molecule has 0 saturated carbocycles. The van der Waals surface area contributed by atoms with Gasteiger partial charge in [-0.05, 0) is 37.8 Å². The van der Waals surface area contributed by atoms with Crippen LogP contribution in [0.2, 0.25) is 0 Å². The van der Waals surface area contributed by atoms with Gasteiger partial charge in [0.25, 0.3) is 0 Å². The van der Waals surface area contributed by atoms with Gasteiger partial charge in [0, 0.05) is 5.57 Å². The van der Waals surface area contributed by atoms with E-state index in [1.54, 1.807) is 6.92 Å². The molecule has 0 aromatic heterocycles. The first-order chi connectivity index (χ1) is 8.93. The van der Waals surface area contributed by atoms with Crippen LogP contribution in [0.5, 0.6) is 5.75 Å². The summed E-state index contributed by atoms with van der Waals surface area (Å²) in [6.07, 6.45) is 3.31. The molecule has 1 rings (SSSR count). The van der Waals surface area contributed by atoms with E-state index in [9.17, 15) is 9.90 Å². The number of aryl methyl sites for hydroxylation is 2. The number of methoxy groups -OCH3 is 1. The third-order valence-electron chi connectivity index (χ3n) is 2.65. The van der Waals surface area contributed by atoms with Gasteiger partial charge in [-0.1, -0.05) is 38.1 Å². The van der Waals surface area contributed by atoms with Crippen molar-refractivity contribution >= 4 is 5.97 Å². The highest BCUT2D eigenvalue weighted by Crippen LogP contribution is 2.22. The molecule has 0 aliphatic carbocycles. The van der Waals surface area contributed by atoms with Crippen LogP contribution < -0.4 is 0 Å². The molecule has 0 amide bonds. The van der Waals surface area contributed by atoms with Gasteiger partial charge in [0.05, 0.1) is 7.11 Å². The van der Waals surface area contributed by atoms with Crippen molar-refractivity contribution in [1.29, 1.82) is 0 Å².